The first-order valence-corrected chi connectivity index (χ1v) is 9.71. The molecule has 1 fully saturated rings. The van der Waals surface area contributed by atoms with Crippen LogP contribution in [0, 0.1) is 19.3 Å². The molecule has 1 aliphatic carbocycles. The summed E-state index contributed by atoms with van der Waals surface area (Å²) in [4.78, 5) is 12.8. The number of rotatable bonds is 2. The lowest BCUT2D eigenvalue weighted by Gasteiger charge is -2.32. The van der Waals surface area contributed by atoms with Crippen LogP contribution >= 0.6 is 11.6 Å². The van der Waals surface area contributed by atoms with E-state index in [2.05, 4.69) is 6.07 Å². The van der Waals surface area contributed by atoms with Gasteiger partial charge in [0, 0.05) is 18.1 Å². The van der Waals surface area contributed by atoms with E-state index in [9.17, 15) is 9.90 Å². The number of aliphatic hydroxyl groups is 1. The molecule has 2 aromatic rings. The number of aliphatic hydroxyl groups excluding tert-OH is 1. The van der Waals surface area contributed by atoms with Gasteiger partial charge in [0.2, 0.25) is 0 Å². The molecule has 0 saturated carbocycles. The number of benzene rings is 2. The second-order valence-corrected chi connectivity index (χ2v) is 8.19. The van der Waals surface area contributed by atoms with E-state index >= 15 is 0 Å². The second-order valence-electron chi connectivity index (χ2n) is 7.75. The zero-order valence-corrected chi connectivity index (χ0v) is 16.4. The number of allylic oxidation sites excluding steroid dienone is 1. The van der Waals surface area contributed by atoms with E-state index in [0.29, 0.717) is 30.2 Å². The number of aryl methyl sites for hydroxylation is 2. The van der Waals surface area contributed by atoms with E-state index in [1.165, 1.54) is 0 Å². The van der Waals surface area contributed by atoms with Gasteiger partial charge in [-0.05, 0) is 66.6 Å². The van der Waals surface area contributed by atoms with Crippen molar-refractivity contribution >= 4 is 23.0 Å². The Kier molecular flexibility index (Phi) is 4.61. The van der Waals surface area contributed by atoms with Crippen molar-refractivity contribution in [3.8, 4) is 11.1 Å². The van der Waals surface area contributed by atoms with Crippen molar-refractivity contribution < 1.29 is 14.6 Å². The van der Waals surface area contributed by atoms with Crippen LogP contribution in [0.4, 0.5) is 0 Å². The maximum atomic E-state index is 12.8. The Labute approximate surface area is 164 Å². The Hall–Kier alpha value is -2.10. The van der Waals surface area contributed by atoms with E-state index in [0.717, 1.165) is 40.7 Å². The topological polar surface area (TPSA) is 46.5 Å². The summed E-state index contributed by atoms with van der Waals surface area (Å²) >= 11 is 6.00. The number of Topliss-reactive ketones (excluding diaryl/α,β-unsaturated/α-hetero) is 1. The highest BCUT2D eigenvalue weighted by atomic mass is 35.5. The van der Waals surface area contributed by atoms with Crippen molar-refractivity contribution in [3.05, 3.63) is 63.9 Å². The van der Waals surface area contributed by atoms with Gasteiger partial charge < -0.3 is 9.84 Å². The van der Waals surface area contributed by atoms with E-state index < -0.39 is 5.41 Å². The highest BCUT2D eigenvalue weighted by molar-refractivity contribution is 6.30. The molecule has 0 aromatic heterocycles. The predicted octanol–water partition coefficient (Wildman–Crippen LogP) is 5.66. The molecule has 3 nitrogen and oxygen atoms in total. The predicted molar refractivity (Wildman–Crippen MR) is 108 cm³/mol. The number of carbonyl (C=O) groups excluding carboxylic acids is 1. The Morgan fingerprint density at radius 3 is 2.41 bits per heavy atom. The van der Waals surface area contributed by atoms with Crippen molar-refractivity contribution in [3.63, 3.8) is 0 Å². The molecular formula is C23H23ClO3. The fraction of sp³-hybridized carbons (Fsp3) is 0.348. The molecule has 1 saturated heterocycles. The average Bonchev–Trinajstić information content (AvgIpc) is 2.88. The average molecular weight is 383 g/mol. The van der Waals surface area contributed by atoms with E-state index in [4.69, 9.17) is 16.3 Å². The van der Waals surface area contributed by atoms with Crippen LogP contribution in [-0.2, 0) is 9.53 Å². The quantitative estimate of drug-likeness (QED) is 0.728. The van der Waals surface area contributed by atoms with Crippen LogP contribution in [0.5, 0.6) is 0 Å². The first-order chi connectivity index (χ1) is 12.9. The van der Waals surface area contributed by atoms with Gasteiger partial charge in [-0.1, -0.05) is 35.9 Å². The molecule has 4 heteroatoms. The van der Waals surface area contributed by atoms with Crippen molar-refractivity contribution in [2.75, 3.05) is 13.2 Å². The van der Waals surface area contributed by atoms with Crippen LogP contribution in [0.25, 0.3) is 16.7 Å². The van der Waals surface area contributed by atoms with Gasteiger partial charge in [0.25, 0.3) is 0 Å². The van der Waals surface area contributed by atoms with Gasteiger partial charge in [-0.3, -0.25) is 4.79 Å². The molecule has 4 rings (SSSR count). The molecule has 2 aliphatic rings. The normalized spacial score (nSPS) is 22.7. The van der Waals surface area contributed by atoms with Crippen molar-refractivity contribution in [2.24, 2.45) is 5.41 Å². The number of carbonyl (C=O) groups is 1. The van der Waals surface area contributed by atoms with Crippen LogP contribution in [0.15, 0.2) is 42.2 Å². The van der Waals surface area contributed by atoms with Gasteiger partial charge in [0.05, 0.1) is 17.6 Å². The third-order valence-corrected chi connectivity index (χ3v) is 6.09. The lowest BCUT2D eigenvalue weighted by Crippen LogP contribution is -2.32. The van der Waals surface area contributed by atoms with E-state index in [1.54, 1.807) is 0 Å². The number of halogens is 1. The minimum atomic E-state index is -0.528. The van der Waals surface area contributed by atoms with E-state index in [-0.39, 0.29) is 11.5 Å². The number of hydrogen-bond donors (Lipinski definition) is 1. The Bertz CT molecular complexity index is 935. The molecule has 27 heavy (non-hydrogen) atoms. The second kappa shape index (κ2) is 6.81. The number of ketones is 1. The van der Waals surface area contributed by atoms with Crippen molar-refractivity contribution in [2.45, 2.75) is 33.1 Å². The molecule has 1 N–H and O–H groups in total. The van der Waals surface area contributed by atoms with Crippen LogP contribution < -0.4 is 0 Å². The van der Waals surface area contributed by atoms with Crippen molar-refractivity contribution in [1.82, 2.24) is 0 Å². The molecule has 0 radical (unpaired) electrons. The summed E-state index contributed by atoms with van der Waals surface area (Å²) < 4.78 is 5.59. The summed E-state index contributed by atoms with van der Waals surface area (Å²) in [6, 6.07) is 11.9. The van der Waals surface area contributed by atoms with E-state index in [1.807, 2.05) is 44.2 Å². The highest BCUT2D eigenvalue weighted by Gasteiger charge is 2.47. The van der Waals surface area contributed by atoms with Gasteiger partial charge in [-0.15, -0.1) is 0 Å². The summed E-state index contributed by atoms with van der Waals surface area (Å²) in [5.41, 5.74) is 5.01. The molecule has 0 bridgehead atoms. The maximum absolute atomic E-state index is 12.8. The summed E-state index contributed by atoms with van der Waals surface area (Å²) in [5, 5.41) is 11.7. The van der Waals surface area contributed by atoms with Gasteiger partial charge in [0.15, 0.2) is 5.78 Å². The van der Waals surface area contributed by atoms with Gasteiger partial charge in [-0.2, -0.15) is 0 Å². The fourth-order valence-corrected chi connectivity index (χ4v) is 4.48. The summed E-state index contributed by atoms with van der Waals surface area (Å²) in [6.45, 7) is 5.15. The van der Waals surface area contributed by atoms with Crippen LogP contribution in [0.2, 0.25) is 5.02 Å². The Morgan fingerprint density at radius 1 is 1.07 bits per heavy atom. The Morgan fingerprint density at radius 2 is 1.74 bits per heavy atom. The Balaban J connectivity index is 1.79. The zero-order valence-electron chi connectivity index (χ0n) is 15.6. The minimum Gasteiger partial charge on any atom is -0.511 e. The number of hydrogen-bond acceptors (Lipinski definition) is 3. The molecule has 1 spiro atoms. The lowest BCUT2D eigenvalue weighted by atomic mass is 9.80. The summed E-state index contributed by atoms with van der Waals surface area (Å²) in [5.74, 6) is 0.230. The monoisotopic (exact) mass is 382 g/mol. The third-order valence-electron chi connectivity index (χ3n) is 5.84. The molecule has 1 aliphatic heterocycles. The zero-order chi connectivity index (χ0) is 19.2. The SMILES string of the molecule is Cc1cc(-c2ccc(Cl)cc2)c(C)cc1C1=C(O)C2(CCCOC2)CC1=O. The third kappa shape index (κ3) is 3.09. The smallest absolute Gasteiger partial charge is 0.167 e. The minimum absolute atomic E-state index is 0.0137. The summed E-state index contributed by atoms with van der Waals surface area (Å²) in [6.07, 6.45) is 2.01. The molecule has 1 atom stereocenters. The fourth-order valence-electron chi connectivity index (χ4n) is 4.36. The molecular weight excluding hydrogens is 360 g/mol. The molecule has 140 valence electrons. The van der Waals surface area contributed by atoms with Gasteiger partial charge in [0.1, 0.15) is 5.76 Å². The van der Waals surface area contributed by atoms with Crippen LogP contribution in [0.3, 0.4) is 0 Å². The lowest BCUT2D eigenvalue weighted by molar-refractivity contribution is -0.116. The largest absolute Gasteiger partial charge is 0.511 e. The van der Waals surface area contributed by atoms with Gasteiger partial charge in [-0.25, -0.2) is 0 Å². The van der Waals surface area contributed by atoms with Crippen LogP contribution in [-0.4, -0.2) is 24.1 Å². The molecule has 1 unspecified atom stereocenters. The molecule has 1 heterocycles. The first kappa shape index (κ1) is 18.3. The molecule has 2 aromatic carbocycles. The van der Waals surface area contributed by atoms with Gasteiger partial charge >= 0.3 is 0 Å². The summed E-state index contributed by atoms with van der Waals surface area (Å²) in [7, 11) is 0. The van der Waals surface area contributed by atoms with Crippen LogP contribution in [0.1, 0.15) is 36.0 Å². The maximum Gasteiger partial charge on any atom is 0.167 e. The van der Waals surface area contributed by atoms with Crippen molar-refractivity contribution in [1.29, 1.82) is 0 Å². The first-order valence-electron chi connectivity index (χ1n) is 9.33. The molecule has 0 amide bonds. The standard InChI is InChI=1S/C23H23ClO3/c1-14-11-19(15(2)10-18(14)16-4-6-17(24)7-5-16)21-20(25)12-23(22(21)26)8-3-9-27-13-23/h4-7,10-11,26H,3,8-9,12-13H2,1-2H3. The number of ether oxygens (including phenoxy) is 1. The highest BCUT2D eigenvalue weighted by Crippen LogP contribution is 2.49.